The first-order chi connectivity index (χ1) is 13.7. The van der Waals surface area contributed by atoms with E-state index in [1.165, 1.54) is 18.2 Å². The quantitative estimate of drug-likeness (QED) is 0.418. The Morgan fingerprint density at radius 1 is 1.03 bits per heavy atom. The van der Waals surface area contributed by atoms with Crippen molar-refractivity contribution in [2.24, 2.45) is 0 Å². The van der Waals surface area contributed by atoms with Gasteiger partial charge in [0.15, 0.2) is 6.61 Å². The monoisotopic (exact) mass is 399 g/mol. The van der Waals surface area contributed by atoms with Crippen LogP contribution in [0.25, 0.3) is 0 Å². The number of nitrogens with one attached hydrogen (secondary N) is 2. The van der Waals surface area contributed by atoms with Crippen LogP contribution in [0.2, 0.25) is 0 Å². The normalized spacial score (nSPS) is 10.2. The van der Waals surface area contributed by atoms with Crippen molar-refractivity contribution in [1.29, 1.82) is 0 Å². The Kier molecular flexibility index (Phi) is 7.02. The van der Waals surface area contributed by atoms with Crippen molar-refractivity contribution < 1.29 is 24.0 Å². The topological polar surface area (TPSA) is 128 Å². The molecule has 0 aromatic heterocycles. The van der Waals surface area contributed by atoms with Crippen LogP contribution in [-0.2, 0) is 14.3 Å². The summed E-state index contributed by atoms with van der Waals surface area (Å²) in [6.45, 7) is 4.32. The Labute approximate surface area is 167 Å². The Hall–Kier alpha value is -3.75. The first-order valence-electron chi connectivity index (χ1n) is 8.72. The van der Waals surface area contributed by atoms with Crippen LogP contribution in [0.1, 0.15) is 27.0 Å². The minimum Gasteiger partial charge on any atom is -0.454 e. The van der Waals surface area contributed by atoms with Gasteiger partial charge in [0, 0.05) is 22.9 Å². The van der Waals surface area contributed by atoms with Crippen molar-refractivity contribution in [3.05, 3.63) is 68.8 Å². The van der Waals surface area contributed by atoms with E-state index in [4.69, 9.17) is 4.74 Å². The highest BCUT2D eigenvalue weighted by Gasteiger charge is 2.14. The van der Waals surface area contributed by atoms with Gasteiger partial charge >= 0.3 is 5.97 Å². The third kappa shape index (κ3) is 6.42. The zero-order valence-electron chi connectivity index (χ0n) is 16.3. The van der Waals surface area contributed by atoms with Gasteiger partial charge in [-0.2, -0.15) is 0 Å². The van der Waals surface area contributed by atoms with Gasteiger partial charge in [-0.3, -0.25) is 24.5 Å². The molecule has 0 fully saturated rings. The number of ether oxygens (including phenoxy) is 1. The fourth-order valence-corrected chi connectivity index (χ4v) is 2.64. The Morgan fingerprint density at radius 3 is 2.31 bits per heavy atom. The Morgan fingerprint density at radius 2 is 1.69 bits per heavy atom. The zero-order chi connectivity index (χ0) is 21.6. The van der Waals surface area contributed by atoms with Gasteiger partial charge in [-0.1, -0.05) is 23.3 Å². The number of benzene rings is 2. The molecule has 0 heterocycles. The van der Waals surface area contributed by atoms with Crippen molar-refractivity contribution >= 4 is 29.2 Å². The second kappa shape index (κ2) is 9.45. The van der Waals surface area contributed by atoms with E-state index < -0.39 is 35.9 Å². The van der Waals surface area contributed by atoms with Gasteiger partial charge in [0.2, 0.25) is 0 Å². The molecule has 2 amide bonds. The van der Waals surface area contributed by atoms with Gasteiger partial charge in [0.25, 0.3) is 17.5 Å². The Bertz CT molecular complexity index is 950. The highest BCUT2D eigenvalue weighted by atomic mass is 16.6. The summed E-state index contributed by atoms with van der Waals surface area (Å²) in [6, 6.07) is 9.55. The number of esters is 1. The molecular formula is C20H21N3O6. The number of amides is 2. The maximum atomic E-state index is 12.1. The number of hydrogen-bond donors (Lipinski definition) is 2. The highest BCUT2D eigenvalue weighted by Crippen LogP contribution is 2.22. The van der Waals surface area contributed by atoms with Crippen LogP contribution >= 0.6 is 0 Å². The minimum atomic E-state index is -0.784. The van der Waals surface area contributed by atoms with Crippen molar-refractivity contribution in [1.82, 2.24) is 5.32 Å². The van der Waals surface area contributed by atoms with E-state index in [-0.39, 0.29) is 11.4 Å². The van der Waals surface area contributed by atoms with E-state index in [1.807, 2.05) is 19.9 Å². The number of nitro benzene ring substituents is 1. The third-order valence-corrected chi connectivity index (χ3v) is 3.93. The van der Waals surface area contributed by atoms with E-state index in [2.05, 4.69) is 10.6 Å². The zero-order valence-corrected chi connectivity index (χ0v) is 16.3. The van der Waals surface area contributed by atoms with Crippen LogP contribution < -0.4 is 10.6 Å². The molecule has 29 heavy (non-hydrogen) atoms. The molecule has 9 heteroatoms. The molecule has 0 atom stereocenters. The highest BCUT2D eigenvalue weighted by molar-refractivity contribution is 5.97. The van der Waals surface area contributed by atoms with Gasteiger partial charge in [-0.25, -0.2) is 0 Å². The first kappa shape index (κ1) is 21.5. The number of anilines is 1. The number of nitrogens with zero attached hydrogens (tertiary/aromatic N) is 1. The molecule has 0 spiro atoms. The standard InChI is InChI=1S/C20H21N3O6/c1-12-6-13(2)8-15(7-12)20(26)21-10-19(25)29-11-18(24)22-16-5-4-14(3)17(9-16)23(27)28/h4-9H,10-11H2,1-3H3,(H,21,26)(H,22,24). The molecule has 2 aromatic carbocycles. The fraction of sp³-hybridized carbons (Fsp3) is 0.250. The molecule has 2 aromatic rings. The first-order valence-corrected chi connectivity index (χ1v) is 8.72. The molecule has 0 unspecified atom stereocenters. The lowest BCUT2D eigenvalue weighted by Gasteiger charge is -2.09. The summed E-state index contributed by atoms with van der Waals surface area (Å²) < 4.78 is 4.81. The number of rotatable bonds is 7. The smallest absolute Gasteiger partial charge is 0.325 e. The lowest BCUT2D eigenvalue weighted by molar-refractivity contribution is -0.385. The summed E-state index contributed by atoms with van der Waals surface area (Å²) in [5, 5.41) is 15.8. The molecule has 2 rings (SSSR count). The Balaban J connectivity index is 1.81. The number of aryl methyl sites for hydroxylation is 3. The third-order valence-electron chi connectivity index (χ3n) is 3.93. The predicted octanol–water partition coefficient (Wildman–Crippen LogP) is 2.43. The molecule has 0 aliphatic heterocycles. The van der Waals surface area contributed by atoms with Crippen LogP contribution in [0.4, 0.5) is 11.4 Å². The minimum absolute atomic E-state index is 0.131. The molecule has 0 radical (unpaired) electrons. The molecule has 2 N–H and O–H groups in total. The van der Waals surface area contributed by atoms with Crippen LogP contribution in [0.5, 0.6) is 0 Å². The number of hydrogen-bond acceptors (Lipinski definition) is 6. The molecule has 152 valence electrons. The summed E-state index contributed by atoms with van der Waals surface area (Å²) in [6.07, 6.45) is 0. The summed E-state index contributed by atoms with van der Waals surface area (Å²) in [4.78, 5) is 46.1. The van der Waals surface area contributed by atoms with Gasteiger partial charge < -0.3 is 15.4 Å². The average Bonchev–Trinajstić information content (AvgIpc) is 2.65. The molecule has 0 saturated heterocycles. The molecule has 0 aliphatic rings. The summed E-state index contributed by atoms with van der Waals surface area (Å²) in [5.41, 5.74) is 2.81. The van der Waals surface area contributed by atoms with E-state index in [0.717, 1.165) is 11.1 Å². The SMILES string of the molecule is Cc1cc(C)cc(C(=O)NCC(=O)OCC(=O)Nc2ccc(C)c([N+](=O)[O-])c2)c1. The van der Waals surface area contributed by atoms with Crippen LogP contribution in [0.3, 0.4) is 0 Å². The number of carbonyl (C=O) groups is 3. The molecular weight excluding hydrogens is 378 g/mol. The van der Waals surface area contributed by atoms with Crippen LogP contribution in [-0.4, -0.2) is 35.9 Å². The predicted molar refractivity (Wildman–Crippen MR) is 106 cm³/mol. The fourth-order valence-electron chi connectivity index (χ4n) is 2.64. The molecule has 0 bridgehead atoms. The van der Waals surface area contributed by atoms with Crippen molar-refractivity contribution in [2.45, 2.75) is 20.8 Å². The van der Waals surface area contributed by atoms with Crippen LogP contribution in [0, 0.1) is 30.9 Å². The van der Waals surface area contributed by atoms with Gasteiger partial charge in [0.05, 0.1) is 4.92 Å². The summed E-state index contributed by atoms with van der Waals surface area (Å²) >= 11 is 0. The van der Waals surface area contributed by atoms with Crippen molar-refractivity contribution in [3.63, 3.8) is 0 Å². The van der Waals surface area contributed by atoms with Gasteiger partial charge in [0.1, 0.15) is 6.54 Å². The maximum Gasteiger partial charge on any atom is 0.325 e. The van der Waals surface area contributed by atoms with E-state index >= 15 is 0 Å². The van der Waals surface area contributed by atoms with E-state index in [1.54, 1.807) is 19.1 Å². The number of carbonyl (C=O) groups excluding carboxylic acids is 3. The van der Waals surface area contributed by atoms with Gasteiger partial charge in [-0.15, -0.1) is 0 Å². The van der Waals surface area contributed by atoms with Gasteiger partial charge in [-0.05, 0) is 39.0 Å². The lowest BCUT2D eigenvalue weighted by atomic mass is 10.1. The van der Waals surface area contributed by atoms with E-state index in [9.17, 15) is 24.5 Å². The average molecular weight is 399 g/mol. The second-order valence-electron chi connectivity index (χ2n) is 6.53. The maximum absolute atomic E-state index is 12.1. The van der Waals surface area contributed by atoms with Crippen molar-refractivity contribution in [2.75, 3.05) is 18.5 Å². The van der Waals surface area contributed by atoms with E-state index in [0.29, 0.717) is 11.1 Å². The summed E-state index contributed by atoms with van der Waals surface area (Å²) in [7, 11) is 0. The summed E-state index contributed by atoms with van der Waals surface area (Å²) in [5.74, 6) is -1.87. The largest absolute Gasteiger partial charge is 0.454 e. The molecule has 0 aliphatic carbocycles. The lowest BCUT2D eigenvalue weighted by Crippen LogP contribution is -2.32. The molecule has 0 saturated carbocycles. The second-order valence-corrected chi connectivity index (χ2v) is 6.53. The molecule has 9 nitrogen and oxygen atoms in total. The van der Waals surface area contributed by atoms with Crippen LogP contribution in [0.15, 0.2) is 36.4 Å². The number of nitro groups is 1. The van der Waals surface area contributed by atoms with Crippen molar-refractivity contribution in [3.8, 4) is 0 Å².